The fourth-order valence-corrected chi connectivity index (χ4v) is 0.819. The summed E-state index contributed by atoms with van der Waals surface area (Å²) in [6, 6.07) is 1.59. The molecule has 0 radical (unpaired) electrons. The van der Waals surface area contributed by atoms with E-state index in [0.29, 0.717) is 5.76 Å². The minimum absolute atomic E-state index is 0.134. The second-order valence-electron chi connectivity index (χ2n) is 3.59. The molecular formula is C9H12N2O4. The maximum absolute atomic E-state index is 11.4. The van der Waals surface area contributed by atoms with E-state index in [1.54, 1.807) is 6.07 Å². The minimum Gasteiger partial charge on any atom is -0.480 e. The number of nitrogens with zero attached hydrogens (tertiary/aromatic N) is 1. The topological polar surface area (TPSA) is 92.4 Å². The zero-order valence-electron chi connectivity index (χ0n) is 8.48. The molecule has 0 aliphatic heterocycles. The van der Waals surface area contributed by atoms with Crippen LogP contribution in [-0.2, 0) is 16.1 Å². The Bertz CT molecular complexity index is 356. The summed E-state index contributed by atoms with van der Waals surface area (Å²) in [5.41, 5.74) is -1.44. The van der Waals surface area contributed by atoms with Crippen LogP contribution < -0.4 is 5.32 Å². The lowest BCUT2D eigenvalue weighted by Gasteiger charge is -2.17. The van der Waals surface area contributed by atoms with E-state index < -0.39 is 17.3 Å². The summed E-state index contributed by atoms with van der Waals surface area (Å²) >= 11 is 0. The molecule has 2 N–H and O–H groups in total. The Morgan fingerprint density at radius 3 is 2.73 bits per heavy atom. The van der Waals surface area contributed by atoms with Gasteiger partial charge in [-0.3, -0.25) is 9.59 Å². The molecule has 6 heteroatoms. The molecule has 0 aliphatic rings. The Morgan fingerprint density at radius 2 is 2.27 bits per heavy atom. The number of aliphatic carboxylic acids is 1. The van der Waals surface area contributed by atoms with Crippen LogP contribution in [-0.4, -0.2) is 22.1 Å². The van der Waals surface area contributed by atoms with Gasteiger partial charge < -0.3 is 14.9 Å². The molecule has 6 nitrogen and oxygen atoms in total. The lowest BCUT2D eigenvalue weighted by Crippen LogP contribution is -2.41. The summed E-state index contributed by atoms with van der Waals surface area (Å²) in [5.74, 6) is -1.26. The summed E-state index contributed by atoms with van der Waals surface area (Å²) in [6.07, 6.45) is 1.45. The van der Waals surface area contributed by atoms with Crippen LogP contribution in [0, 0.1) is 5.41 Å². The molecule has 0 atom stereocenters. The molecule has 0 fully saturated rings. The lowest BCUT2D eigenvalue weighted by atomic mass is 9.93. The standard InChI is InChI=1S/C9H12N2O4/c1-9(2,8(13)14)7(12)10-5-6-3-4-11-15-6/h3-4H,5H2,1-2H3,(H,10,12)(H,13,14). The van der Waals surface area contributed by atoms with Crippen LogP contribution >= 0.6 is 0 Å². The van der Waals surface area contributed by atoms with Crippen LogP contribution in [0.3, 0.4) is 0 Å². The van der Waals surface area contributed by atoms with E-state index in [1.807, 2.05) is 0 Å². The molecule has 82 valence electrons. The highest BCUT2D eigenvalue weighted by molar-refractivity contribution is 6.00. The summed E-state index contributed by atoms with van der Waals surface area (Å²) in [7, 11) is 0. The molecule has 1 amide bonds. The van der Waals surface area contributed by atoms with Gasteiger partial charge in [0.25, 0.3) is 0 Å². The number of carbonyl (C=O) groups is 2. The monoisotopic (exact) mass is 212 g/mol. The van der Waals surface area contributed by atoms with Crippen molar-refractivity contribution in [3.05, 3.63) is 18.0 Å². The number of aromatic nitrogens is 1. The molecule has 15 heavy (non-hydrogen) atoms. The number of carboxylic acids is 1. The van der Waals surface area contributed by atoms with Gasteiger partial charge in [0.15, 0.2) is 5.76 Å². The van der Waals surface area contributed by atoms with Gasteiger partial charge in [0.1, 0.15) is 5.41 Å². The highest BCUT2D eigenvalue weighted by atomic mass is 16.5. The number of rotatable bonds is 4. The SMILES string of the molecule is CC(C)(C(=O)O)C(=O)NCc1ccno1. The number of carbonyl (C=O) groups excluding carboxylic acids is 1. The number of nitrogens with one attached hydrogen (secondary N) is 1. The molecule has 1 heterocycles. The Balaban J connectivity index is 2.53. The predicted octanol–water partition coefficient (Wildman–Crippen LogP) is 0.402. The fourth-order valence-electron chi connectivity index (χ4n) is 0.819. The van der Waals surface area contributed by atoms with E-state index in [9.17, 15) is 9.59 Å². The van der Waals surface area contributed by atoms with Crippen molar-refractivity contribution in [2.24, 2.45) is 5.41 Å². The van der Waals surface area contributed by atoms with Crippen molar-refractivity contribution >= 4 is 11.9 Å². The number of amides is 1. The molecular weight excluding hydrogens is 200 g/mol. The summed E-state index contributed by atoms with van der Waals surface area (Å²) < 4.78 is 4.74. The van der Waals surface area contributed by atoms with Crippen molar-refractivity contribution in [3.63, 3.8) is 0 Å². The average molecular weight is 212 g/mol. The smallest absolute Gasteiger partial charge is 0.318 e. The number of hydrogen-bond acceptors (Lipinski definition) is 4. The zero-order chi connectivity index (χ0) is 11.5. The van der Waals surface area contributed by atoms with Crippen molar-refractivity contribution < 1.29 is 19.2 Å². The lowest BCUT2D eigenvalue weighted by molar-refractivity contribution is -0.153. The van der Waals surface area contributed by atoms with E-state index in [-0.39, 0.29) is 6.54 Å². The molecule has 0 unspecified atom stereocenters. The minimum atomic E-state index is -1.44. The Labute approximate surface area is 86.3 Å². The Morgan fingerprint density at radius 1 is 1.60 bits per heavy atom. The largest absolute Gasteiger partial charge is 0.480 e. The summed E-state index contributed by atoms with van der Waals surface area (Å²) in [6.45, 7) is 2.81. The maximum atomic E-state index is 11.4. The third kappa shape index (κ3) is 2.55. The van der Waals surface area contributed by atoms with Crippen LogP contribution in [0.4, 0.5) is 0 Å². The van der Waals surface area contributed by atoms with E-state index in [1.165, 1.54) is 20.0 Å². The first-order valence-electron chi connectivity index (χ1n) is 4.36. The van der Waals surface area contributed by atoms with Crippen LogP contribution in [0.15, 0.2) is 16.8 Å². The molecule has 1 aromatic rings. The maximum Gasteiger partial charge on any atom is 0.318 e. The summed E-state index contributed by atoms with van der Waals surface area (Å²) in [5, 5.41) is 14.7. The van der Waals surface area contributed by atoms with Crippen molar-refractivity contribution in [1.82, 2.24) is 10.5 Å². The van der Waals surface area contributed by atoms with Gasteiger partial charge in [-0.2, -0.15) is 0 Å². The van der Waals surface area contributed by atoms with E-state index in [4.69, 9.17) is 9.63 Å². The fraction of sp³-hybridized carbons (Fsp3) is 0.444. The van der Waals surface area contributed by atoms with Crippen LogP contribution in [0.1, 0.15) is 19.6 Å². The third-order valence-electron chi connectivity index (χ3n) is 2.02. The van der Waals surface area contributed by atoms with Gasteiger partial charge >= 0.3 is 5.97 Å². The van der Waals surface area contributed by atoms with E-state index in [0.717, 1.165) is 0 Å². The normalized spacial score (nSPS) is 11.1. The van der Waals surface area contributed by atoms with Crippen LogP contribution in [0.5, 0.6) is 0 Å². The second kappa shape index (κ2) is 4.12. The van der Waals surface area contributed by atoms with Gasteiger partial charge in [-0.1, -0.05) is 5.16 Å². The first-order chi connectivity index (χ1) is 6.94. The highest BCUT2D eigenvalue weighted by Crippen LogP contribution is 2.15. The van der Waals surface area contributed by atoms with Crippen molar-refractivity contribution in [2.45, 2.75) is 20.4 Å². The van der Waals surface area contributed by atoms with Crippen LogP contribution in [0.2, 0.25) is 0 Å². The zero-order valence-corrected chi connectivity index (χ0v) is 8.48. The van der Waals surface area contributed by atoms with Gasteiger partial charge in [0.05, 0.1) is 12.7 Å². The first-order valence-corrected chi connectivity index (χ1v) is 4.36. The number of carboxylic acid groups (broad SMARTS) is 1. The van der Waals surface area contributed by atoms with E-state index >= 15 is 0 Å². The molecule has 1 rings (SSSR count). The van der Waals surface area contributed by atoms with Gasteiger partial charge in [-0.25, -0.2) is 0 Å². The molecule has 0 aliphatic carbocycles. The van der Waals surface area contributed by atoms with Gasteiger partial charge in [0, 0.05) is 6.07 Å². The van der Waals surface area contributed by atoms with Gasteiger partial charge in [-0.15, -0.1) is 0 Å². The molecule has 0 saturated heterocycles. The second-order valence-corrected chi connectivity index (χ2v) is 3.59. The molecule has 0 spiro atoms. The predicted molar refractivity (Wildman–Crippen MR) is 49.8 cm³/mol. The average Bonchev–Trinajstić information content (AvgIpc) is 2.66. The summed E-state index contributed by atoms with van der Waals surface area (Å²) in [4.78, 5) is 22.2. The van der Waals surface area contributed by atoms with Crippen molar-refractivity contribution in [1.29, 1.82) is 0 Å². The van der Waals surface area contributed by atoms with Gasteiger partial charge in [0.2, 0.25) is 5.91 Å². The molecule has 1 aromatic heterocycles. The molecule has 0 bridgehead atoms. The van der Waals surface area contributed by atoms with Gasteiger partial charge in [-0.05, 0) is 13.8 Å². The molecule has 0 saturated carbocycles. The Kier molecular flexibility index (Phi) is 3.08. The number of hydrogen-bond donors (Lipinski definition) is 2. The van der Waals surface area contributed by atoms with Crippen molar-refractivity contribution in [3.8, 4) is 0 Å². The van der Waals surface area contributed by atoms with Crippen LogP contribution in [0.25, 0.3) is 0 Å². The first kappa shape index (κ1) is 11.2. The quantitative estimate of drug-likeness (QED) is 0.705. The van der Waals surface area contributed by atoms with Crippen molar-refractivity contribution in [2.75, 3.05) is 0 Å². The van der Waals surface area contributed by atoms with E-state index in [2.05, 4.69) is 10.5 Å². The highest BCUT2D eigenvalue weighted by Gasteiger charge is 2.35. The third-order valence-corrected chi connectivity index (χ3v) is 2.02. The molecule has 0 aromatic carbocycles. The Hall–Kier alpha value is -1.85.